The smallest absolute Gasteiger partial charge is 0.174 e. The molecule has 0 saturated heterocycles. The molecule has 1 fully saturated rings. The molecule has 190 valence electrons. The van der Waals surface area contributed by atoms with E-state index in [2.05, 4.69) is 75.3 Å². The maximum atomic E-state index is 12.5. The summed E-state index contributed by atoms with van der Waals surface area (Å²) in [5.74, 6) is 0.931. The Labute approximate surface area is 212 Å². The van der Waals surface area contributed by atoms with Crippen LogP contribution < -0.4 is 0 Å². The fourth-order valence-electron chi connectivity index (χ4n) is 6.52. The summed E-state index contributed by atoms with van der Waals surface area (Å²) < 4.78 is 25.0. The van der Waals surface area contributed by atoms with Gasteiger partial charge in [-0.2, -0.15) is 8.78 Å². The van der Waals surface area contributed by atoms with Gasteiger partial charge in [0.2, 0.25) is 0 Å². The van der Waals surface area contributed by atoms with E-state index in [0.29, 0.717) is 18.3 Å². The quantitative estimate of drug-likeness (QED) is 0.375. The Bertz CT molecular complexity index is 1120. The SMILES string of the molecule is CC(=Cc1c(C)c(C)c(C)c(C)c1C)c1c(C)c(C)c(C2CCC(CC=C(F)F)CC2)c(C)c1C. The summed E-state index contributed by atoms with van der Waals surface area (Å²) in [4.78, 5) is 0. The van der Waals surface area contributed by atoms with Gasteiger partial charge in [0.05, 0.1) is 0 Å². The van der Waals surface area contributed by atoms with Gasteiger partial charge in [-0.05, 0) is 192 Å². The largest absolute Gasteiger partial charge is 0.266 e. The third-order valence-electron chi connectivity index (χ3n) is 9.36. The minimum Gasteiger partial charge on any atom is -0.174 e. The molecule has 0 aliphatic heterocycles. The van der Waals surface area contributed by atoms with E-state index < -0.39 is 6.08 Å². The van der Waals surface area contributed by atoms with E-state index >= 15 is 0 Å². The highest BCUT2D eigenvalue weighted by Crippen LogP contribution is 2.43. The van der Waals surface area contributed by atoms with Crippen molar-refractivity contribution in [3.05, 3.63) is 78.9 Å². The molecule has 0 unspecified atom stereocenters. The summed E-state index contributed by atoms with van der Waals surface area (Å²) in [6.07, 6.45) is 6.77. The van der Waals surface area contributed by atoms with Crippen LogP contribution in [-0.4, -0.2) is 0 Å². The molecule has 2 aromatic rings. The maximum absolute atomic E-state index is 12.5. The zero-order valence-corrected chi connectivity index (χ0v) is 23.6. The van der Waals surface area contributed by atoms with Crippen LogP contribution in [0.3, 0.4) is 0 Å². The third-order valence-corrected chi connectivity index (χ3v) is 9.36. The number of allylic oxidation sites excluding steroid dienone is 2. The fourth-order valence-corrected chi connectivity index (χ4v) is 6.52. The number of rotatable bonds is 5. The fraction of sp³-hybridized carbons (Fsp3) is 0.515. The summed E-state index contributed by atoms with van der Waals surface area (Å²) >= 11 is 0. The average molecular weight is 479 g/mol. The van der Waals surface area contributed by atoms with E-state index in [9.17, 15) is 8.78 Å². The van der Waals surface area contributed by atoms with E-state index in [-0.39, 0.29) is 0 Å². The average Bonchev–Trinajstić information content (AvgIpc) is 2.82. The van der Waals surface area contributed by atoms with Gasteiger partial charge in [-0.3, -0.25) is 0 Å². The zero-order valence-electron chi connectivity index (χ0n) is 23.6. The van der Waals surface area contributed by atoms with Gasteiger partial charge >= 0.3 is 0 Å². The molecule has 0 spiro atoms. The molecule has 1 saturated carbocycles. The van der Waals surface area contributed by atoms with Crippen LogP contribution >= 0.6 is 0 Å². The molecule has 0 bridgehead atoms. The molecule has 2 aromatic carbocycles. The van der Waals surface area contributed by atoms with E-state index in [1.54, 1.807) is 0 Å². The van der Waals surface area contributed by atoms with Crippen molar-refractivity contribution < 1.29 is 8.78 Å². The molecule has 0 heterocycles. The lowest BCUT2D eigenvalue weighted by Gasteiger charge is -2.32. The summed E-state index contributed by atoms with van der Waals surface area (Å²) in [5.41, 5.74) is 18.1. The summed E-state index contributed by atoms with van der Waals surface area (Å²) in [6, 6.07) is 0. The second kappa shape index (κ2) is 10.8. The first kappa shape index (κ1) is 27.4. The molecule has 0 atom stereocenters. The van der Waals surface area contributed by atoms with Gasteiger partial charge in [-0.1, -0.05) is 6.08 Å². The first-order chi connectivity index (χ1) is 16.4. The molecule has 0 amide bonds. The van der Waals surface area contributed by atoms with Crippen molar-refractivity contribution in [3.8, 4) is 0 Å². The van der Waals surface area contributed by atoms with Crippen LogP contribution in [-0.2, 0) is 0 Å². The van der Waals surface area contributed by atoms with Gasteiger partial charge in [0, 0.05) is 0 Å². The molecule has 1 aliphatic carbocycles. The van der Waals surface area contributed by atoms with Crippen molar-refractivity contribution in [3.63, 3.8) is 0 Å². The van der Waals surface area contributed by atoms with Gasteiger partial charge in [-0.25, -0.2) is 0 Å². The monoisotopic (exact) mass is 478 g/mol. The number of benzene rings is 2. The highest BCUT2D eigenvalue weighted by Gasteiger charge is 2.27. The molecule has 0 nitrogen and oxygen atoms in total. The lowest BCUT2D eigenvalue weighted by Crippen LogP contribution is -2.16. The van der Waals surface area contributed by atoms with E-state index in [1.807, 2.05) is 0 Å². The molecule has 3 rings (SSSR count). The Morgan fingerprint density at radius 1 is 0.657 bits per heavy atom. The molecule has 2 heteroatoms. The van der Waals surface area contributed by atoms with Crippen LogP contribution in [0.15, 0.2) is 12.2 Å². The number of hydrogen-bond acceptors (Lipinski definition) is 0. The van der Waals surface area contributed by atoms with Gasteiger partial charge in [0.15, 0.2) is 0 Å². The first-order valence-electron chi connectivity index (χ1n) is 13.2. The van der Waals surface area contributed by atoms with Crippen LogP contribution in [0.25, 0.3) is 11.6 Å². The summed E-state index contributed by atoms with van der Waals surface area (Å²) in [6.45, 7) is 22.6. The van der Waals surface area contributed by atoms with Gasteiger partial charge in [0.25, 0.3) is 6.08 Å². The molecule has 0 N–H and O–H groups in total. The van der Waals surface area contributed by atoms with Crippen molar-refractivity contribution in [1.82, 2.24) is 0 Å². The summed E-state index contributed by atoms with van der Waals surface area (Å²) in [5, 5.41) is 0. The minimum absolute atomic E-state index is 0.396. The lowest BCUT2D eigenvalue weighted by molar-refractivity contribution is 0.321. The predicted octanol–water partition coefficient (Wildman–Crippen LogP) is 10.5. The van der Waals surface area contributed by atoms with Gasteiger partial charge in [-0.15, -0.1) is 0 Å². The Hall–Kier alpha value is -2.22. The van der Waals surface area contributed by atoms with Gasteiger partial charge in [0.1, 0.15) is 0 Å². The molecule has 35 heavy (non-hydrogen) atoms. The number of hydrogen-bond donors (Lipinski definition) is 0. The zero-order chi connectivity index (χ0) is 26.2. The van der Waals surface area contributed by atoms with Crippen molar-refractivity contribution in [2.45, 2.75) is 107 Å². The molecule has 0 radical (unpaired) electrons. The van der Waals surface area contributed by atoms with E-state index in [0.717, 1.165) is 31.8 Å². The lowest BCUT2D eigenvalue weighted by atomic mass is 9.73. The Morgan fingerprint density at radius 2 is 1.11 bits per heavy atom. The molecular formula is C33H44F2. The second-order valence-electron chi connectivity index (χ2n) is 11.1. The third kappa shape index (κ3) is 5.32. The molecule has 0 aromatic heterocycles. The normalized spacial score (nSPS) is 18.7. The number of halogens is 2. The topological polar surface area (TPSA) is 0 Å². The minimum atomic E-state index is -1.54. The molecule has 1 aliphatic rings. The predicted molar refractivity (Wildman–Crippen MR) is 149 cm³/mol. The Morgan fingerprint density at radius 3 is 1.57 bits per heavy atom. The van der Waals surface area contributed by atoms with Crippen LogP contribution in [0.5, 0.6) is 0 Å². The van der Waals surface area contributed by atoms with Crippen molar-refractivity contribution in [2.24, 2.45) is 5.92 Å². The van der Waals surface area contributed by atoms with Crippen LogP contribution in [0.2, 0.25) is 0 Å². The van der Waals surface area contributed by atoms with Crippen molar-refractivity contribution in [2.75, 3.05) is 0 Å². The second-order valence-corrected chi connectivity index (χ2v) is 11.1. The standard InChI is InChI=1S/C33H44F2/c1-18(17-30-22(5)20(3)19(2)21(4)23(30)6)32-24(7)26(9)33(27(10)25(32)8)29-14-11-28(12-15-29)13-16-31(34)35/h16-17,28-29H,11-15H2,1-10H3. The Kier molecular flexibility index (Phi) is 8.45. The van der Waals surface area contributed by atoms with Crippen LogP contribution in [0.1, 0.15) is 112 Å². The highest BCUT2D eigenvalue weighted by atomic mass is 19.3. The Balaban J connectivity index is 2.00. The molecular weight excluding hydrogens is 434 g/mol. The van der Waals surface area contributed by atoms with Crippen molar-refractivity contribution >= 4 is 11.6 Å². The van der Waals surface area contributed by atoms with Crippen LogP contribution in [0.4, 0.5) is 8.78 Å². The first-order valence-corrected chi connectivity index (χ1v) is 13.2. The van der Waals surface area contributed by atoms with E-state index in [1.165, 1.54) is 72.3 Å². The van der Waals surface area contributed by atoms with E-state index in [4.69, 9.17) is 0 Å². The maximum Gasteiger partial charge on any atom is 0.266 e. The van der Waals surface area contributed by atoms with Crippen molar-refractivity contribution in [1.29, 1.82) is 0 Å². The highest BCUT2D eigenvalue weighted by molar-refractivity contribution is 5.86. The van der Waals surface area contributed by atoms with Gasteiger partial charge < -0.3 is 0 Å². The van der Waals surface area contributed by atoms with Crippen LogP contribution in [0, 0.1) is 68.2 Å². The summed E-state index contributed by atoms with van der Waals surface area (Å²) in [7, 11) is 0.